The molecular formula is C24H19BrN2O3. The Kier molecular flexibility index (Phi) is 4.68. The summed E-state index contributed by atoms with van der Waals surface area (Å²) in [5.41, 5.74) is 3.43. The first-order chi connectivity index (χ1) is 14.5. The van der Waals surface area contributed by atoms with Gasteiger partial charge in [-0.05, 0) is 42.8 Å². The van der Waals surface area contributed by atoms with Gasteiger partial charge < -0.3 is 0 Å². The van der Waals surface area contributed by atoms with Gasteiger partial charge in [0.1, 0.15) is 5.92 Å². The van der Waals surface area contributed by atoms with Crippen LogP contribution >= 0.6 is 15.9 Å². The number of aryl methyl sites for hydroxylation is 1. The number of nitrogens with zero attached hydrogens (tertiary/aromatic N) is 2. The molecule has 2 saturated heterocycles. The lowest BCUT2D eigenvalue weighted by Crippen LogP contribution is -2.37. The average Bonchev–Trinajstić information content (AvgIpc) is 3.26. The molecule has 0 aromatic heterocycles. The van der Waals surface area contributed by atoms with Gasteiger partial charge in [-0.2, -0.15) is 0 Å². The highest BCUT2D eigenvalue weighted by Gasteiger charge is 2.60. The molecule has 0 bridgehead atoms. The number of hydrogen-bond acceptors (Lipinski definition) is 4. The van der Waals surface area contributed by atoms with Gasteiger partial charge in [-0.1, -0.05) is 70.0 Å². The van der Waals surface area contributed by atoms with Crippen LogP contribution in [0.15, 0.2) is 83.3 Å². The quantitative estimate of drug-likeness (QED) is 0.524. The van der Waals surface area contributed by atoms with Gasteiger partial charge in [-0.3, -0.25) is 14.4 Å². The van der Waals surface area contributed by atoms with Crippen molar-refractivity contribution in [1.29, 1.82) is 0 Å². The molecule has 150 valence electrons. The SMILES string of the molecule is Cc1ccc([C@H]2[C@H]3C(=O)N(c4cccc(Br)c4)C(=O)[C@H]3ON2c2ccccc2)cc1. The Bertz CT molecular complexity index is 1120. The Balaban J connectivity index is 1.59. The van der Waals surface area contributed by atoms with Crippen LogP contribution in [0.5, 0.6) is 0 Å². The molecule has 2 fully saturated rings. The third kappa shape index (κ3) is 3.04. The van der Waals surface area contributed by atoms with E-state index in [0.717, 1.165) is 21.3 Å². The van der Waals surface area contributed by atoms with Crippen molar-refractivity contribution in [2.24, 2.45) is 5.92 Å². The highest BCUT2D eigenvalue weighted by molar-refractivity contribution is 9.10. The number of benzene rings is 3. The number of hydroxylamine groups is 1. The van der Waals surface area contributed by atoms with Crippen molar-refractivity contribution >= 4 is 39.1 Å². The van der Waals surface area contributed by atoms with Crippen LogP contribution in [0.25, 0.3) is 0 Å². The fourth-order valence-corrected chi connectivity index (χ4v) is 4.57. The summed E-state index contributed by atoms with van der Waals surface area (Å²) < 4.78 is 0.805. The van der Waals surface area contributed by atoms with Crippen LogP contribution in [0, 0.1) is 12.8 Å². The van der Waals surface area contributed by atoms with Gasteiger partial charge in [0, 0.05) is 4.47 Å². The molecule has 2 aliphatic rings. The van der Waals surface area contributed by atoms with E-state index >= 15 is 0 Å². The number of rotatable bonds is 3. The molecule has 3 aromatic rings. The summed E-state index contributed by atoms with van der Waals surface area (Å²) in [7, 11) is 0. The number of carbonyl (C=O) groups is 2. The second kappa shape index (κ2) is 7.38. The molecular weight excluding hydrogens is 444 g/mol. The predicted molar refractivity (Wildman–Crippen MR) is 118 cm³/mol. The maximum Gasteiger partial charge on any atom is 0.266 e. The van der Waals surface area contributed by atoms with Crippen LogP contribution in [0.1, 0.15) is 17.2 Å². The minimum absolute atomic E-state index is 0.243. The minimum atomic E-state index is -0.858. The first kappa shape index (κ1) is 19.0. The normalized spacial score (nSPS) is 23.2. The summed E-state index contributed by atoms with van der Waals surface area (Å²) in [5.74, 6) is -1.20. The maximum absolute atomic E-state index is 13.5. The molecule has 0 N–H and O–H groups in total. The molecule has 0 aliphatic carbocycles. The zero-order valence-corrected chi connectivity index (χ0v) is 17.8. The summed E-state index contributed by atoms with van der Waals surface area (Å²) >= 11 is 3.42. The topological polar surface area (TPSA) is 49.9 Å². The number of fused-ring (bicyclic) bond motifs is 1. The van der Waals surface area contributed by atoms with Gasteiger partial charge in [0.05, 0.1) is 17.4 Å². The largest absolute Gasteiger partial charge is 0.273 e. The summed E-state index contributed by atoms with van der Waals surface area (Å²) in [6, 6.07) is 24.4. The summed E-state index contributed by atoms with van der Waals surface area (Å²) in [6.45, 7) is 2.02. The van der Waals surface area contributed by atoms with Gasteiger partial charge in [-0.25, -0.2) is 9.96 Å². The van der Waals surface area contributed by atoms with Gasteiger partial charge in [-0.15, -0.1) is 0 Å². The fourth-order valence-electron chi connectivity index (χ4n) is 4.19. The van der Waals surface area contributed by atoms with Crippen LogP contribution in [0.4, 0.5) is 11.4 Å². The minimum Gasteiger partial charge on any atom is -0.273 e. The number of hydrogen-bond donors (Lipinski definition) is 0. The van der Waals surface area contributed by atoms with Crippen LogP contribution in [-0.4, -0.2) is 17.9 Å². The standard InChI is InChI=1S/C24H19BrN2O3/c1-15-10-12-16(13-11-15)21-20-22(30-27(21)18-7-3-2-4-8-18)24(29)26(23(20)28)19-9-5-6-17(25)14-19/h2-14,20-22H,1H3/t20-,21+,22+/m1/s1. The Morgan fingerprint density at radius 3 is 2.23 bits per heavy atom. The second-order valence-corrected chi connectivity index (χ2v) is 8.48. The molecule has 30 heavy (non-hydrogen) atoms. The first-order valence-corrected chi connectivity index (χ1v) is 10.5. The Morgan fingerprint density at radius 2 is 1.53 bits per heavy atom. The van der Waals surface area contributed by atoms with Crippen LogP contribution < -0.4 is 9.96 Å². The van der Waals surface area contributed by atoms with Gasteiger partial charge in [0.15, 0.2) is 6.10 Å². The van der Waals surface area contributed by atoms with E-state index in [1.807, 2.05) is 73.7 Å². The van der Waals surface area contributed by atoms with Crippen LogP contribution in [0.3, 0.4) is 0 Å². The molecule has 5 rings (SSSR count). The number of amides is 2. The van der Waals surface area contributed by atoms with Crippen molar-refractivity contribution < 1.29 is 14.4 Å². The molecule has 2 amide bonds. The number of imide groups is 1. The average molecular weight is 463 g/mol. The molecule has 0 saturated carbocycles. The van der Waals surface area contributed by atoms with E-state index in [4.69, 9.17) is 4.84 Å². The monoisotopic (exact) mass is 462 g/mol. The maximum atomic E-state index is 13.5. The fraction of sp³-hybridized carbons (Fsp3) is 0.167. The molecule has 3 atom stereocenters. The molecule has 5 nitrogen and oxygen atoms in total. The Morgan fingerprint density at radius 1 is 0.833 bits per heavy atom. The van der Waals surface area contributed by atoms with Gasteiger partial charge >= 0.3 is 0 Å². The van der Waals surface area contributed by atoms with E-state index in [9.17, 15) is 9.59 Å². The van der Waals surface area contributed by atoms with E-state index in [1.165, 1.54) is 4.90 Å². The van der Waals surface area contributed by atoms with Crippen molar-refractivity contribution in [2.75, 3.05) is 9.96 Å². The van der Waals surface area contributed by atoms with E-state index in [2.05, 4.69) is 15.9 Å². The molecule has 2 aliphatic heterocycles. The number of anilines is 2. The van der Waals surface area contributed by atoms with E-state index in [-0.39, 0.29) is 11.8 Å². The van der Waals surface area contributed by atoms with Crippen LogP contribution in [-0.2, 0) is 14.4 Å². The smallest absolute Gasteiger partial charge is 0.266 e. The van der Waals surface area contributed by atoms with Crippen molar-refractivity contribution in [3.05, 3.63) is 94.5 Å². The van der Waals surface area contributed by atoms with E-state index < -0.39 is 18.1 Å². The molecule has 3 aromatic carbocycles. The molecule has 0 radical (unpaired) electrons. The lowest BCUT2D eigenvalue weighted by molar-refractivity contribution is -0.126. The van der Waals surface area contributed by atoms with Gasteiger partial charge in [0.25, 0.3) is 5.91 Å². The zero-order valence-electron chi connectivity index (χ0n) is 16.2. The Hall–Kier alpha value is -2.96. The molecule has 6 heteroatoms. The second-order valence-electron chi connectivity index (χ2n) is 7.56. The van der Waals surface area contributed by atoms with E-state index in [0.29, 0.717) is 5.69 Å². The van der Waals surface area contributed by atoms with Crippen LogP contribution in [0.2, 0.25) is 0 Å². The number of para-hydroxylation sites is 1. The van der Waals surface area contributed by atoms with Gasteiger partial charge in [0.2, 0.25) is 5.91 Å². The lowest BCUT2D eigenvalue weighted by Gasteiger charge is -2.28. The highest BCUT2D eigenvalue weighted by Crippen LogP contribution is 2.47. The molecule has 0 unspecified atom stereocenters. The van der Waals surface area contributed by atoms with Crippen molar-refractivity contribution in [1.82, 2.24) is 0 Å². The van der Waals surface area contributed by atoms with E-state index in [1.54, 1.807) is 17.2 Å². The number of carbonyl (C=O) groups excluding carboxylic acids is 2. The van der Waals surface area contributed by atoms with Crippen molar-refractivity contribution in [3.8, 4) is 0 Å². The zero-order chi connectivity index (χ0) is 20.8. The van der Waals surface area contributed by atoms with Crippen molar-refractivity contribution in [3.63, 3.8) is 0 Å². The summed E-state index contributed by atoms with van der Waals surface area (Å²) in [5, 5.41) is 1.72. The summed E-state index contributed by atoms with van der Waals surface area (Å²) in [6.07, 6.45) is -0.858. The number of halogens is 1. The summed E-state index contributed by atoms with van der Waals surface area (Å²) in [4.78, 5) is 34.2. The Labute approximate surface area is 183 Å². The van der Waals surface area contributed by atoms with Crippen molar-refractivity contribution in [2.45, 2.75) is 19.1 Å². The predicted octanol–water partition coefficient (Wildman–Crippen LogP) is 4.81. The third-order valence-corrected chi connectivity index (χ3v) is 6.10. The molecule has 0 spiro atoms. The third-order valence-electron chi connectivity index (χ3n) is 5.61. The first-order valence-electron chi connectivity index (χ1n) is 9.75. The highest BCUT2D eigenvalue weighted by atomic mass is 79.9. The lowest BCUT2D eigenvalue weighted by atomic mass is 9.90. The molecule has 2 heterocycles.